The van der Waals surface area contributed by atoms with Crippen molar-refractivity contribution in [1.29, 1.82) is 0 Å². The molecule has 146 valence electrons. The molecule has 11 heteroatoms. The van der Waals surface area contributed by atoms with Crippen molar-refractivity contribution >= 4 is 21.6 Å². The number of alkyl halides is 3. The summed E-state index contributed by atoms with van der Waals surface area (Å²) in [4.78, 5) is 3.56. The number of sulfonamides is 1. The predicted octanol–water partition coefficient (Wildman–Crippen LogP) is 3.73. The van der Waals surface area contributed by atoms with Crippen LogP contribution in [0, 0.1) is 5.82 Å². The number of rotatable bonds is 4. The standard InChI is InChI=1S/C16H13ClF4N2O3S/c17-13-8-12(1-2-14(13)18)27(24,25)23-6-4-11(9-23)26-15-7-10(3-5-22-15)16(19,20)21/h1-3,5,7-8,11H,4,6,9H2/t11-/m0/s1. The average molecular weight is 425 g/mol. The van der Waals surface area contributed by atoms with Crippen LogP contribution in [0.3, 0.4) is 0 Å². The summed E-state index contributed by atoms with van der Waals surface area (Å²) in [5, 5.41) is -0.323. The first-order chi connectivity index (χ1) is 12.6. The van der Waals surface area contributed by atoms with Gasteiger partial charge in [0.1, 0.15) is 11.9 Å². The Bertz CT molecular complexity index is 953. The minimum atomic E-state index is -4.53. The fourth-order valence-electron chi connectivity index (χ4n) is 2.62. The highest BCUT2D eigenvalue weighted by atomic mass is 35.5. The molecule has 0 N–H and O–H groups in total. The van der Waals surface area contributed by atoms with Crippen molar-refractivity contribution in [2.75, 3.05) is 13.1 Å². The van der Waals surface area contributed by atoms with Gasteiger partial charge in [-0.1, -0.05) is 11.6 Å². The Morgan fingerprint density at radius 1 is 1.22 bits per heavy atom. The Morgan fingerprint density at radius 3 is 2.63 bits per heavy atom. The lowest BCUT2D eigenvalue weighted by atomic mass is 10.2. The van der Waals surface area contributed by atoms with E-state index in [1.54, 1.807) is 0 Å². The maximum Gasteiger partial charge on any atom is 0.416 e. The lowest BCUT2D eigenvalue weighted by Crippen LogP contribution is -2.31. The summed E-state index contributed by atoms with van der Waals surface area (Å²) < 4.78 is 83.2. The molecule has 0 unspecified atom stereocenters. The van der Waals surface area contributed by atoms with Crippen molar-refractivity contribution in [3.8, 4) is 5.88 Å². The largest absolute Gasteiger partial charge is 0.473 e. The number of aromatic nitrogens is 1. The van der Waals surface area contributed by atoms with Gasteiger partial charge in [0, 0.05) is 18.8 Å². The first-order valence-corrected chi connectivity index (χ1v) is 9.54. The van der Waals surface area contributed by atoms with Crippen LogP contribution in [-0.2, 0) is 16.2 Å². The topological polar surface area (TPSA) is 59.5 Å². The van der Waals surface area contributed by atoms with Gasteiger partial charge in [-0.3, -0.25) is 0 Å². The molecule has 3 rings (SSSR count). The van der Waals surface area contributed by atoms with Gasteiger partial charge >= 0.3 is 6.18 Å². The third-order valence-electron chi connectivity index (χ3n) is 3.99. The highest BCUT2D eigenvalue weighted by Gasteiger charge is 2.35. The lowest BCUT2D eigenvalue weighted by molar-refractivity contribution is -0.137. The third-order valence-corrected chi connectivity index (χ3v) is 6.14. The molecule has 0 amide bonds. The van der Waals surface area contributed by atoms with Gasteiger partial charge in [0.05, 0.1) is 22.0 Å². The Kier molecular flexibility index (Phi) is 5.33. The molecule has 1 fully saturated rings. The Labute approximate surface area is 157 Å². The molecule has 0 saturated carbocycles. The third kappa shape index (κ3) is 4.33. The molecule has 0 radical (unpaired) electrons. The molecule has 1 aliphatic rings. The molecule has 1 atom stereocenters. The van der Waals surface area contributed by atoms with Crippen LogP contribution in [0.4, 0.5) is 17.6 Å². The van der Waals surface area contributed by atoms with E-state index in [1.807, 2.05) is 0 Å². The van der Waals surface area contributed by atoms with E-state index in [0.717, 1.165) is 40.8 Å². The van der Waals surface area contributed by atoms with Gasteiger partial charge in [-0.2, -0.15) is 17.5 Å². The number of benzene rings is 1. The molecule has 5 nitrogen and oxygen atoms in total. The van der Waals surface area contributed by atoms with Gasteiger partial charge in [-0.25, -0.2) is 17.8 Å². The van der Waals surface area contributed by atoms with E-state index in [0.29, 0.717) is 0 Å². The molecular formula is C16H13ClF4N2O3S. The molecule has 0 bridgehead atoms. The normalized spacial score (nSPS) is 18.6. The van der Waals surface area contributed by atoms with Crippen molar-refractivity contribution in [2.45, 2.75) is 23.6 Å². The maximum absolute atomic E-state index is 13.2. The molecule has 1 aromatic heterocycles. The van der Waals surface area contributed by atoms with E-state index < -0.39 is 33.7 Å². The van der Waals surface area contributed by atoms with Gasteiger partial charge in [0.15, 0.2) is 0 Å². The van der Waals surface area contributed by atoms with Crippen LogP contribution >= 0.6 is 11.6 Å². The van der Waals surface area contributed by atoms with Gasteiger partial charge in [-0.05, 0) is 30.7 Å². The monoisotopic (exact) mass is 424 g/mol. The summed E-state index contributed by atoms with van der Waals surface area (Å²) in [5.74, 6) is -0.979. The summed E-state index contributed by atoms with van der Waals surface area (Å²) in [6.45, 7) is 0.0240. The van der Waals surface area contributed by atoms with Crippen molar-refractivity contribution in [3.05, 3.63) is 52.9 Å². The van der Waals surface area contributed by atoms with Crippen LogP contribution in [0.5, 0.6) is 5.88 Å². The Hall–Kier alpha value is -1.91. The minimum absolute atomic E-state index is 0.0742. The van der Waals surface area contributed by atoms with Crippen LogP contribution < -0.4 is 4.74 Å². The lowest BCUT2D eigenvalue weighted by Gasteiger charge is -2.17. The molecule has 27 heavy (non-hydrogen) atoms. The van der Waals surface area contributed by atoms with Crippen LogP contribution in [0.15, 0.2) is 41.4 Å². The summed E-state index contributed by atoms with van der Waals surface area (Å²) in [6.07, 6.45) is -3.95. The van der Waals surface area contributed by atoms with E-state index in [1.165, 1.54) is 0 Å². The predicted molar refractivity (Wildman–Crippen MR) is 88.4 cm³/mol. The second-order valence-corrected chi connectivity index (χ2v) is 8.19. The van der Waals surface area contributed by atoms with E-state index in [-0.39, 0.29) is 35.3 Å². The highest BCUT2D eigenvalue weighted by Crippen LogP contribution is 2.31. The van der Waals surface area contributed by atoms with Gasteiger partial charge in [-0.15, -0.1) is 0 Å². The fourth-order valence-corrected chi connectivity index (χ4v) is 4.38. The highest BCUT2D eigenvalue weighted by molar-refractivity contribution is 7.89. The van der Waals surface area contributed by atoms with Crippen LogP contribution in [0.2, 0.25) is 5.02 Å². The summed E-state index contributed by atoms with van der Waals surface area (Å²) in [6, 6.07) is 4.63. The van der Waals surface area contributed by atoms with E-state index >= 15 is 0 Å². The fraction of sp³-hybridized carbons (Fsp3) is 0.312. The number of halogens is 5. The maximum atomic E-state index is 13.2. The first kappa shape index (κ1) is 19.8. The zero-order valence-electron chi connectivity index (χ0n) is 13.6. The smallest absolute Gasteiger partial charge is 0.416 e. The minimum Gasteiger partial charge on any atom is -0.473 e. The summed E-state index contributed by atoms with van der Waals surface area (Å²) in [5.41, 5.74) is -0.907. The van der Waals surface area contributed by atoms with E-state index in [9.17, 15) is 26.0 Å². The molecule has 1 saturated heterocycles. The number of pyridine rings is 1. The second-order valence-electron chi connectivity index (χ2n) is 5.85. The molecular weight excluding hydrogens is 412 g/mol. The van der Waals surface area contributed by atoms with E-state index in [4.69, 9.17) is 16.3 Å². The number of hydrogen-bond donors (Lipinski definition) is 0. The average Bonchev–Trinajstić information content (AvgIpc) is 3.06. The van der Waals surface area contributed by atoms with Crippen molar-refractivity contribution in [1.82, 2.24) is 9.29 Å². The number of ether oxygens (including phenoxy) is 1. The van der Waals surface area contributed by atoms with Crippen molar-refractivity contribution < 1.29 is 30.7 Å². The van der Waals surface area contributed by atoms with Crippen molar-refractivity contribution in [3.63, 3.8) is 0 Å². The number of nitrogens with zero attached hydrogens (tertiary/aromatic N) is 2. The number of hydrogen-bond acceptors (Lipinski definition) is 4. The Balaban J connectivity index is 1.72. The molecule has 2 heterocycles. The van der Waals surface area contributed by atoms with Crippen LogP contribution in [0.25, 0.3) is 0 Å². The van der Waals surface area contributed by atoms with Crippen LogP contribution in [-0.4, -0.2) is 36.9 Å². The zero-order valence-corrected chi connectivity index (χ0v) is 15.2. The second kappa shape index (κ2) is 7.25. The Morgan fingerprint density at radius 2 is 1.96 bits per heavy atom. The van der Waals surface area contributed by atoms with Crippen LogP contribution in [0.1, 0.15) is 12.0 Å². The SMILES string of the molecule is O=S(=O)(c1ccc(F)c(Cl)c1)N1CC[C@H](Oc2cc(C(F)(F)F)ccn2)C1. The molecule has 1 aromatic carbocycles. The van der Waals surface area contributed by atoms with Gasteiger partial charge in [0.25, 0.3) is 0 Å². The van der Waals surface area contributed by atoms with E-state index in [2.05, 4.69) is 4.98 Å². The summed E-state index contributed by atoms with van der Waals surface area (Å²) in [7, 11) is -3.93. The zero-order chi connectivity index (χ0) is 19.8. The molecule has 0 aliphatic carbocycles. The van der Waals surface area contributed by atoms with Gasteiger partial charge in [0.2, 0.25) is 15.9 Å². The molecule has 2 aromatic rings. The first-order valence-electron chi connectivity index (χ1n) is 7.72. The quantitative estimate of drug-likeness (QED) is 0.702. The van der Waals surface area contributed by atoms with Gasteiger partial charge < -0.3 is 4.74 Å². The van der Waals surface area contributed by atoms with Crippen molar-refractivity contribution in [2.24, 2.45) is 0 Å². The molecule has 1 aliphatic heterocycles. The molecule has 0 spiro atoms. The summed E-state index contributed by atoms with van der Waals surface area (Å²) >= 11 is 5.63.